The Hall–Kier alpha value is -2.33. The summed E-state index contributed by atoms with van der Waals surface area (Å²) in [6.07, 6.45) is 3.59. The van der Waals surface area contributed by atoms with Crippen molar-refractivity contribution >= 4 is 17.3 Å². The summed E-state index contributed by atoms with van der Waals surface area (Å²) in [5.41, 5.74) is 2.77. The summed E-state index contributed by atoms with van der Waals surface area (Å²) in [5, 5.41) is 8.18. The molecule has 0 bridgehead atoms. The molecule has 106 valence electrons. The van der Waals surface area contributed by atoms with Crippen LogP contribution in [0.25, 0.3) is 5.69 Å². The quantitative estimate of drug-likeness (QED) is 0.779. The summed E-state index contributed by atoms with van der Waals surface area (Å²) >= 11 is 6.06. The molecule has 3 aromatic rings. The van der Waals surface area contributed by atoms with Crippen LogP contribution in [0.15, 0.2) is 60.9 Å². The van der Waals surface area contributed by atoms with Gasteiger partial charge in [0.05, 0.1) is 11.4 Å². The van der Waals surface area contributed by atoms with Crippen molar-refractivity contribution in [3.8, 4) is 5.69 Å². The van der Waals surface area contributed by atoms with Crippen molar-refractivity contribution < 1.29 is 4.39 Å². The van der Waals surface area contributed by atoms with Crippen molar-refractivity contribution in [2.45, 2.75) is 6.54 Å². The third kappa shape index (κ3) is 3.23. The maximum atomic E-state index is 12.9. The number of nitrogens with zero attached hydrogens (tertiary/aromatic N) is 2. The lowest BCUT2D eigenvalue weighted by molar-refractivity contribution is 0.627. The molecule has 0 spiro atoms. The topological polar surface area (TPSA) is 29.9 Å². The van der Waals surface area contributed by atoms with Gasteiger partial charge < -0.3 is 5.32 Å². The van der Waals surface area contributed by atoms with Crippen molar-refractivity contribution in [3.63, 3.8) is 0 Å². The molecular weight excluding hydrogens is 289 g/mol. The van der Waals surface area contributed by atoms with Crippen molar-refractivity contribution in [1.82, 2.24) is 9.78 Å². The van der Waals surface area contributed by atoms with E-state index in [9.17, 15) is 4.39 Å². The van der Waals surface area contributed by atoms with Gasteiger partial charge in [0.1, 0.15) is 5.82 Å². The largest absolute Gasteiger partial charge is 0.379 e. The smallest absolute Gasteiger partial charge is 0.123 e. The fourth-order valence-electron chi connectivity index (χ4n) is 2.06. The third-order valence-electron chi connectivity index (χ3n) is 3.11. The van der Waals surface area contributed by atoms with Gasteiger partial charge in [-0.05, 0) is 42.0 Å². The average Bonchev–Trinajstić information content (AvgIpc) is 3.01. The summed E-state index contributed by atoms with van der Waals surface area (Å²) in [6, 6.07) is 13.8. The van der Waals surface area contributed by atoms with Gasteiger partial charge >= 0.3 is 0 Å². The van der Waals surface area contributed by atoms with E-state index >= 15 is 0 Å². The summed E-state index contributed by atoms with van der Waals surface area (Å²) in [6.45, 7) is 0.578. The Morgan fingerprint density at radius 2 is 1.95 bits per heavy atom. The van der Waals surface area contributed by atoms with Crippen LogP contribution in [0.3, 0.4) is 0 Å². The summed E-state index contributed by atoms with van der Waals surface area (Å²) in [5.74, 6) is -0.237. The van der Waals surface area contributed by atoms with Crippen LogP contribution in [-0.2, 0) is 6.54 Å². The van der Waals surface area contributed by atoms with Crippen LogP contribution in [0.1, 0.15) is 5.56 Å². The van der Waals surface area contributed by atoms with Gasteiger partial charge in [0.25, 0.3) is 0 Å². The van der Waals surface area contributed by atoms with Crippen LogP contribution in [0.5, 0.6) is 0 Å². The van der Waals surface area contributed by atoms with E-state index in [4.69, 9.17) is 11.6 Å². The van der Waals surface area contributed by atoms with Crippen LogP contribution < -0.4 is 5.32 Å². The highest BCUT2D eigenvalue weighted by molar-refractivity contribution is 6.31. The highest BCUT2D eigenvalue weighted by Crippen LogP contribution is 2.24. The minimum Gasteiger partial charge on any atom is -0.379 e. The summed E-state index contributed by atoms with van der Waals surface area (Å²) < 4.78 is 14.7. The van der Waals surface area contributed by atoms with E-state index in [0.29, 0.717) is 11.6 Å². The molecule has 0 saturated carbocycles. The minimum absolute atomic E-state index is 0.237. The Morgan fingerprint density at radius 1 is 1.14 bits per heavy atom. The minimum atomic E-state index is -0.237. The second-order valence-electron chi connectivity index (χ2n) is 4.59. The molecule has 3 nitrogen and oxygen atoms in total. The molecule has 0 aliphatic rings. The van der Waals surface area contributed by atoms with Crippen molar-refractivity contribution in [3.05, 3.63) is 77.3 Å². The molecule has 21 heavy (non-hydrogen) atoms. The fraction of sp³-hybridized carbons (Fsp3) is 0.0625. The maximum Gasteiger partial charge on any atom is 0.123 e. The van der Waals surface area contributed by atoms with Crippen molar-refractivity contribution in [2.75, 3.05) is 5.32 Å². The van der Waals surface area contributed by atoms with Crippen LogP contribution in [0.4, 0.5) is 10.1 Å². The second-order valence-corrected chi connectivity index (χ2v) is 5.03. The molecule has 0 unspecified atom stereocenters. The molecule has 3 rings (SSSR count). The van der Waals surface area contributed by atoms with E-state index in [1.165, 1.54) is 12.1 Å². The van der Waals surface area contributed by atoms with Gasteiger partial charge in [-0.15, -0.1) is 0 Å². The molecule has 0 aliphatic heterocycles. The van der Waals surface area contributed by atoms with Crippen LogP contribution in [0, 0.1) is 5.82 Å². The lowest BCUT2D eigenvalue weighted by atomic mass is 10.2. The van der Waals surface area contributed by atoms with Gasteiger partial charge in [-0.25, -0.2) is 9.07 Å². The predicted octanol–water partition coefficient (Wildman–Crippen LogP) is 4.28. The number of rotatable bonds is 4. The zero-order chi connectivity index (χ0) is 14.7. The van der Waals surface area contributed by atoms with E-state index in [1.807, 2.05) is 30.5 Å². The first-order valence-electron chi connectivity index (χ1n) is 6.50. The Balaban J connectivity index is 1.84. The molecule has 1 heterocycles. The molecule has 1 aromatic heterocycles. The first-order valence-corrected chi connectivity index (χ1v) is 6.88. The normalized spacial score (nSPS) is 10.6. The maximum absolute atomic E-state index is 12.9. The predicted molar refractivity (Wildman–Crippen MR) is 82.3 cm³/mol. The van der Waals surface area contributed by atoms with E-state index in [-0.39, 0.29) is 5.82 Å². The average molecular weight is 302 g/mol. The number of benzene rings is 2. The number of hydrogen-bond acceptors (Lipinski definition) is 2. The van der Waals surface area contributed by atoms with Gasteiger partial charge in [0.15, 0.2) is 0 Å². The molecule has 0 amide bonds. The molecule has 2 aromatic carbocycles. The lowest BCUT2D eigenvalue weighted by Crippen LogP contribution is -2.05. The standard InChI is InChI=1S/C16H13ClFN3/c17-13-4-7-16(21-9-1-8-20-21)15(10-13)19-11-12-2-5-14(18)6-3-12/h1-10,19H,11H2. The zero-order valence-corrected chi connectivity index (χ0v) is 11.9. The van der Waals surface area contributed by atoms with Crippen molar-refractivity contribution in [1.29, 1.82) is 0 Å². The SMILES string of the molecule is Fc1ccc(CNc2cc(Cl)ccc2-n2cccn2)cc1. The molecule has 5 heteroatoms. The van der Waals surface area contributed by atoms with Gasteiger partial charge in [-0.3, -0.25) is 0 Å². The summed E-state index contributed by atoms with van der Waals surface area (Å²) in [4.78, 5) is 0. The molecule has 1 N–H and O–H groups in total. The fourth-order valence-corrected chi connectivity index (χ4v) is 2.23. The Labute approximate surface area is 127 Å². The van der Waals surface area contributed by atoms with Gasteiger partial charge in [0.2, 0.25) is 0 Å². The van der Waals surface area contributed by atoms with E-state index in [2.05, 4.69) is 10.4 Å². The Morgan fingerprint density at radius 3 is 2.67 bits per heavy atom. The number of anilines is 1. The molecule has 0 aliphatic carbocycles. The number of nitrogens with one attached hydrogen (secondary N) is 1. The Kier molecular flexibility index (Phi) is 3.88. The van der Waals surface area contributed by atoms with Crippen LogP contribution >= 0.6 is 11.6 Å². The number of hydrogen-bond donors (Lipinski definition) is 1. The summed E-state index contributed by atoms with van der Waals surface area (Å²) in [7, 11) is 0. The van der Waals surface area contributed by atoms with E-state index in [0.717, 1.165) is 16.9 Å². The highest BCUT2D eigenvalue weighted by Gasteiger charge is 2.06. The molecule has 0 atom stereocenters. The third-order valence-corrected chi connectivity index (χ3v) is 3.34. The molecular formula is C16H13ClFN3. The van der Waals surface area contributed by atoms with Gasteiger partial charge in [-0.2, -0.15) is 5.10 Å². The Bertz CT molecular complexity index is 724. The van der Waals surface area contributed by atoms with Gasteiger partial charge in [-0.1, -0.05) is 23.7 Å². The first kappa shape index (κ1) is 13.6. The first-order chi connectivity index (χ1) is 10.2. The lowest BCUT2D eigenvalue weighted by Gasteiger charge is -2.12. The van der Waals surface area contributed by atoms with Crippen LogP contribution in [0.2, 0.25) is 5.02 Å². The monoisotopic (exact) mass is 301 g/mol. The van der Waals surface area contributed by atoms with E-state index in [1.54, 1.807) is 23.0 Å². The highest BCUT2D eigenvalue weighted by atomic mass is 35.5. The van der Waals surface area contributed by atoms with Gasteiger partial charge in [0, 0.05) is 24.0 Å². The molecule has 0 saturated heterocycles. The number of aromatic nitrogens is 2. The second kappa shape index (κ2) is 5.97. The van der Waals surface area contributed by atoms with Crippen molar-refractivity contribution in [2.24, 2.45) is 0 Å². The number of halogens is 2. The molecule has 0 radical (unpaired) electrons. The molecule has 0 fully saturated rings. The van der Waals surface area contributed by atoms with E-state index < -0.39 is 0 Å². The zero-order valence-electron chi connectivity index (χ0n) is 11.1. The van der Waals surface area contributed by atoms with Crippen LogP contribution in [-0.4, -0.2) is 9.78 Å².